The number of carbonyl (C=O) groups excluding carboxylic acids is 1. The van der Waals surface area contributed by atoms with Gasteiger partial charge in [-0.1, -0.05) is 30.1 Å². The number of primary amides is 1. The topological polar surface area (TPSA) is 63.3 Å². The third kappa shape index (κ3) is 3.67. The minimum atomic E-state index is -1.15. The first-order chi connectivity index (χ1) is 7.40. The van der Waals surface area contributed by atoms with Crippen LogP contribution in [0.5, 0.6) is 0 Å². The molecule has 0 saturated heterocycles. The summed E-state index contributed by atoms with van der Waals surface area (Å²) in [4.78, 5) is 10.8. The molecule has 1 rings (SSSR count). The lowest BCUT2D eigenvalue weighted by Gasteiger charge is -2.15. The SMILES string of the molecule is C[C@@H](Cc1cc(Cl)cc(Cl)c1)C(O)C(N)=O. The van der Waals surface area contributed by atoms with Crippen LogP contribution < -0.4 is 5.73 Å². The molecule has 0 saturated carbocycles. The van der Waals surface area contributed by atoms with Crippen LogP contribution >= 0.6 is 23.2 Å². The Kier molecular flexibility index (Phi) is 4.59. The second kappa shape index (κ2) is 5.53. The highest BCUT2D eigenvalue weighted by molar-refractivity contribution is 6.34. The first kappa shape index (κ1) is 13.3. The molecule has 3 N–H and O–H groups in total. The molecule has 0 spiro atoms. The molecule has 0 fully saturated rings. The fraction of sp³-hybridized carbons (Fsp3) is 0.364. The fourth-order valence-electron chi connectivity index (χ4n) is 1.49. The summed E-state index contributed by atoms with van der Waals surface area (Å²) in [7, 11) is 0. The van der Waals surface area contributed by atoms with E-state index in [4.69, 9.17) is 28.9 Å². The number of benzene rings is 1. The van der Waals surface area contributed by atoms with E-state index in [1.54, 1.807) is 25.1 Å². The Morgan fingerprint density at radius 1 is 1.38 bits per heavy atom. The molecule has 0 aliphatic heterocycles. The molecule has 0 bridgehead atoms. The van der Waals surface area contributed by atoms with Crippen molar-refractivity contribution in [2.24, 2.45) is 11.7 Å². The average Bonchev–Trinajstić information content (AvgIpc) is 2.14. The van der Waals surface area contributed by atoms with Gasteiger partial charge in [-0.2, -0.15) is 0 Å². The predicted molar refractivity (Wildman–Crippen MR) is 64.5 cm³/mol. The lowest BCUT2D eigenvalue weighted by atomic mass is 9.95. The first-order valence-electron chi connectivity index (χ1n) is 4.82. The second-order valence-corrected chi connectivity index (χ2v) is 4.68. The maximum atomic E-state index is 10.8. The van der Waals surface area contributed by atoms with Crippen LogP contribution in [-0.4, -0.2) is 17.1 Å². The summed E-state index contributed by atoms with van der Waals surface area (Å²) in [6, 6.07) is 5.12. The zero-order valence-corrected chi connectivity index (χ0v) is 10.3. The minimum Gasteiger partial charge on any atom is -0.383 e. The third-order valence-electron chi connectivity index (χ3n) is 2.31. The van der Waals surface area contributed by atoms with Gasteiger partial charge in [0.1, 0.15) is 6.10 Å². The molecule has 1 aromatic carbocycles. The summed E-state index contributed by atoms with van der Waals surface area (Å²) in [5, 5.41) is 10.5. The number of hydrogen-bond acceptors (Lipinski definition) is 2. The normalized spacial score (nSPS) is 14.5. The van der Waals surface area contributed by atoms with E-state index in [9.17, 15) is 9.90 Å². The molecule has 2 atom stereocenters. The molecule has 0 heterocycles. The maximum Gasteiger partial charge on any atom is 0.246 e. The molecule has 3 nitrogen and oxygen atoms in total. The molecule has 1 aromatic rings. The Morgan fingerprint density at radius 3 is 2.31 bits per heavy atom. The van der Waals surface area contributed by atoms with Crippen molar-refractivity contribution in [1.82, 2.24) is 0 Å². The molecule has 0 aromatic heterocycles. The fourth-order valence-corrected chi connectivity index (χ4v) is 2.06. The number of halogens is 2. The van der Waals surface area contributed by atoms with Gasteiger partial charge in [-0.05, 0) is 36.1 Å². The molecule has 16 heavy (non-hydrogen) atoms. The Labute approximate surface area is 104 Å². The first-order valence-corrected chi connectivity index (χ1v) is 5.58. The Bertz CT molecular complexity index is 375. The van der Waals surface area contributed by atoms with Gasteiger partial charge < -0.3 is 10.8 Å². The molecule has 0 radical (unpaired) electrons. The van der Waals surface area contributed by atoms with Gasteiger partial charge >= 0.3 is 0 Å². The zero-order valence-electron chi connectivity index (χ0n) is 8.78. The Balaban J connectivity index is 2.76. The van der Waals surface area contributed by atoms with E-state index >= 15 is 0 Å². The van der Waals surface area contributed by atoms with Crippen LogP contribution in [0.3, 0.4) is 0 Å². The molecule has 88 valence electrons. The summed E-state index contributed by atoms with van der Waals surface area (Å²) < 4.78 is 0. The Hall–Kier alpha value is -0.770. The zero-order chi connectivity index (χ0) is 12.3. The van der Waals surface area contributed by atoms with Crippen molar-refractivity contribution in [1.29, 1.82) is 0 Å². The van der Waals surface area contributed by atoms with Crippen LogP contribution in [0.1, 0.15) is 12.5 Å². The average molecular weight is 262 g/mol. The number of aliphatic hydroxyl groups excluding tert-OH is 1. The van der Waals surface area contributed by atoms with Gasteiger partial charge in [-0.3, -0.25) is 4.79 Å². The summed E-state index contributed by atoms with van der Waals surface area (Å²) in [5.74, 6) is -0.993. The standard InChI is InChI=1S/C11H13Cl2NO2/c1-6(10(15)11(14)16)2-7-3-8(12)5-9(13)4-7/h3-6,10,15H,2H2,1H3,(H2,14,16)/t6-,10?/m0/s1. The van der Waals surface area contributed by atoms with E-state index in [1.807, 2.05) is 0 Å². The van der Waals surface area contributed by atoms with Crippen LogP contribution in [0.2, 0.25) is 10.0 Å². The van der Waals surface area contributed by atoms with Crippen LogP contribution in [0.4, 0.5) is 0 Å². The minimum absolute atomic E-state index is 0.271. The number of carbonyl (C=O) groups is 1. The number of nitrogens with two attached hydrogens (primary N) is 1. The van der Waals surface area contributed by atoms with Crippen LogP contribution in [0.15, 0.2) is 18.2 Å². The quantitative estimate of drug-likeness (QED) is 0.871. The Morgan fingerprint density at radius 2 is 1.88 bits per heavy atom. The lowest BCUT2D eigenvalue weighted by molar-refractivity contribution is -0.128. The summed E-state index contributed by atoms with van der Waals surface area (Å²) >= 11 is 11.7. The predicted octanol–water partition coefficient (Wildman–Crippen LogP) is 2.02. The van der Waals surface area contributed by atoms with Gasteiger partial charge in [0.25, 0.3) is 0 Å². The smallest absolute Gasteiger partial charge is 0.246 e. The van der Waals surface area contributed by atoms with Crippen molar-refractivity contribution in [2.75, 3.05) is 0 Å². The number of amides is 1. The van der Waals surface area contributed by atoms with E-state index < -0.39 is 12.0 Å². The van der Waals surface area contributed by atoms with E-state index in [0.29, 0.717) is 16.5 Å². The summed E-state index contributed by atoms with van der Waals surface area (Å²) in [5.41, 5.74) is 5.88. The molecule has 0 aliphatic carbocycles. The molecule has 5 heteroatoms. The highest BCUT2D eigenvalue weighted by Gasteiger charge is 2.20. The van der Waals surface area contributed by atoms with E-state index in [2.05, 4.69) is 0 Å². The summed E-state index contributed by atoms with van der Waals surface area (Å²) in [6.07, 6.45) is -0.664. The highest BCUT2D eigenvalue weighted by Crippen LogP contribution is 2.21. The van der Waals surface area contributed by atoms with Crippen molar-refractivity contribution in [2.45, 2.75) is 19.4 Å². The number of hydrogen-bond donors (Lipinski definition) is 2. The largest absolute Gasteiger partial charge is 0.383 e. The van der Waals surface area contributed by atoms with Gasteiger partial charge in [0.05, 0.1) is 0 Å². The third-order valence-corrected chi connectivity index (χ3v) is 2.75. The van der Waals surface area contributed by atoms with Crippen molar-refractivity contribution in [3.63, 3.8) is 0 Å². The van der Waals surface area contributed by atoms with Gasteiger partial charge in [-0.15, -0.1) is 0 Å². The molecular weight excluding hydrogens is 249 g/mol. The molecule has 1 amide bonds. The maximum absolute atomic E-state index is 10.8. The molecule has 0 aliphatic rings. The van der Waals surface area contributed by atoms with Gasteiger partial charge in [-0.25, -0.2) is 0 Å². The van der Waals surface area contributed by atoms with Crippen LogP contribution in [-0.2, 0) is 11.2 Å². The second-order valence-electron chi connectivity index (χ2n) is 3.81. The van der Waals surface area contributed by atoms with Crippen LogP contribution in [0.25, 0.3) is 0 Å². The van der Waals surface area contributed by atoms with Gasteiger partial charge in [0, 0.05) is 10.0 Å². The van der Waals surface area contributed by atoms with Crippen molar-refractivity contribution in [3.05, 3.63) is 33.8 Å². The van der Waals surface area contributed by atoms with Gasteiger partial charge in [0.15, 0.2) is 0 Å². The number of rotatable bonds is 4. The van der Waals surface area contributed by atoms with E-state index in [-0.39, 0.29) is 5.92 Å². The van der Waals surface area contributed by atoms with Crippen molar-refractivity contribution >= 4 is 29.1 Å². The van der Waals surface area contributed by atoms with Crippen molar-refractivity contribution in [3.8, 4) is 0 Å². The van der Waals surface area contributed by atoms with Gasteiger partial charge in [0.2, 0.25) is 5.91 Å². The highest BCUT2D eigenvalue weighted by atomic mass is 35.5. The van der Waals surface area contributed by atoms with E-state index in [0.717, 1.165) is 5.56 Å². The molecule has 1 unspecified atom stereocenters. The lowest BCUT2D eigenvalue weighted by Crippen LogP contribution is -2.34. The monoisotopic (exact) mass is 261 g/mol. The number of aliphatic hydroxyl groups is 1. The van der Waals surface area contributed by atoms with E-state index in [1.165, 1.54) is 0 Å². The summed E-state index contributed by atoms with van der Waals surface area (Å²) in [6.45, 7) is 1.74. The van der Waals surface area contributed by atoms with Crippen LogP contribution in [0, 0.1) is 5.92 Å². The van der Waals surface area contributed by atoms with Crippen molar-refractivity contribution < 1.29 is 9.90 Å². The molecular formula is C11H13Cl2NO2.